The number of esters is 1. The van der Waals surface area contributed by atoms with Crippen LogP contribution >= 0.6 is 0 Å². The van der Waals surface area contributed by atoms with Crippen molar-refractivity contribution in [3.05, 3.63) is 62.9 Å². The lowest BCUT2D eigenvalue weighted by Gasteiger charge is -2.37. The highest BCUT2D eigenvalue weighted by molar-refractivity contribution is 6.02. The Morgan fingerprint density at radius 1 is 1.15 bits per heavy atom. The minimum absolute atomic E-state index is 0.0292. The molecule has 3 aliphatic heterocycles. The summed E-state index contributed by atoms with van der Waals surface area (Å²) in [6.45, 7) is 1.21. The average molecular weight is 554 g/mol. The van der Waals surface area contributed by atoms with E-state index in [0.29, 0.717) is 28.0 Å². The number of rotatable bonds is 5. The minimum Gasteiger partial charge on any atom is -0.458 e. The number of oxime groups is 1. The molecule has 0 spiro atoms. The number of para-hydroxylation sites is 1. The number of cyclic esters (lactones) is 1. The van der Waals surface area contributed by atoms with Gasteiger partial charge in [-0.05, 0) is 18.6 Å². The monoisotopic (exact) mass is 553 g/mol. The summed E-state index contributed by atoms with van der Waals surface area (Å²) in [5.74, 6) is -0.803. The average Bonchev–Trinajstić information content (AvgIpc) is 3.33. The van der Waals surface area contributed by atoms with Crippen LogP contribution in [-0.4, -0.2) is 84.6 Å². The van der Waals surface area contributed by atoms with Crippen molar-refractivity contribution in [1.29, 1.82) is 0 Å². The summed E-state index contributed by atoms with van der Waals surface area (Å²) in [5.41, 5.74) is 0.914. The minimum atomic E-state index is -1.94. The number of pyridine rings is 2. The van der Waals surface area contributed by atoms with Gasteiger partial charge in [0.1, 0.15) is 37.6 Å². The van der Waals surface area contributed by atoms with Crippen LogP contribution < -0.4 is 5.56 Å². The third-order valence-electron chi connectivity index (χ3n) is 7.82. The van der Waals surface area contributed by atoms with Crippen molar-refractivity contribution in [1.82, 2.24) is 9.55 Å². The van der Waals surface area contributed by atoms with E-state index in [-0.39, 0.29) is 37.3 Å². The first-order valence-electron chi connectivity index (χ1n) is 12.8. The molecule has 2 unspecified atom stereocenters. The summed E-state index contributed by atoms with van der Waals surface area (Å²) < 4.78 is 11.8. The highest BCUT2D eigenvalue weighted by Gasteiger charge is 2.46. The largest absolute Gasteiger partial charge is 0.458 e. The maximum Gasteiger partial charge on any atom is 0.343 e. The first kappa shape index (κ1) is 26.5. The Kier molecular flexibility index (Phi) is 6.45. The maximum absolute atomic E-state index is 13.5. The van der Waals surface area contributed by atoms with E-state index in [0.717, 1.165) is 5.39 Å². The fourth-order valence-corrected chi connectivity index (χ4v) is 5.48. The molecule has 1 aromatic carbocycles. The van der Waals surface area contributed by atoms with Crippen LogP contribution in [0, 0.1) is 0 Å². The van der Waals surface area contributed by atoms with E-state index in [1.165, 1.54) is 10.8 Å². The summed E-state index contributed by atoms with van der Waals surface area (Å²) in [7, 11) is 0. The number of carbonyl (C=O) groups excluding carboxylic acids is 1. The Bertz CT molecular complexity index is 1600. The zero-order valence-corrected chi connectivity index (χ0v) is 21.3. The summed E-state index contributed by atoms with van der Waals surface area (Å²) in [5, 5.41) is 55.2. The highest BCUT2D eigenvalue weighted by Crippen LogP contribution is 2.39. The van der Waals surface area contributed by atoms with Crippen LogP contribution in [-0.2, 0) is 37.9 Å². The second kappa shape index (κ2) is 9.73. The number of fused-ring (bicyclic) bond motifs is 5. The van der Waals surface area contributed by atoms with Gasteiger partial charge in [0.15, 0.2) is 11.9 Å². The standard InChI is InChI=1S/C27H27N3O10/c1-2-27(37)16-7-18-20-14(9-30(18)24(34)15(16)10-38-26(27)36)13(12-5-3-4-6-17(12)29-20)8-28-39-11-19-21(31)22(32)23(33)25(35)40-19/h3-8,19,21-23,25,31-33,35,37H,2,9-11H2,1H3/b28-8+/t19?,21-,22+,23?,25-,27-/m0/s1. The van der Waals surface area contributed by atoms with Crippen LogP contribution in [0.2, 0.25) is 0 Å². The second-order valence-corrected chi connectivity index (χ2v) is 10.0. The van der Waals surface area contributed by atoms with Crippen LogP contribution in [0.15, 0.2) is 40.3 Å². The number of aliphatic hydroxyl groups is 5. The third kappa shape index (κ3) is 3.93. The Labute approximate surface area is 226 Å². The molecule has 1 fully saturated rings. The lowest BCUT2D eigenvalue weighted by molar-refractivity contribution is -0.288. The van der Waals surface area contributed by atoms with Crippen molar-refractivity contribution in [3.8, 4) is 11.4 Å². The van der Waals surface area contributed by atoms with Crippen LogP contribution in [0.25, 0.3) is 22.3 Å². The molecule has 210 valence electrons. The molecule has 1 saturated heterocycles. The van der Waals surface area contributed by atoms with E-state index in [1.54, 1.807) is 19.1 Å². The summed E-state index contributed by atoms with van der Waals surface area (Å²) in [6, 6.07) is 8.90. The zero-order valence-electron chi connectivity index (χ0n) is 21.3. The molecule has 5 heterocycles. The maximum atomic E-state index is 13.5. The molecule has 0 amide bonds. The Morgan fingerprint density at radius 3 is 2.70 bits per heavy atom. The summed E-state index contributed by atoms with van der Waals surface area (Å²) >= 11 is 0. The van der Waals surface area contributed by atoms with Gasteiger partial charge in [-0.25, -0.2) is 9.78 Å². The topological polar surface area (TPSA) is 193 Å². The van der Waals surface area contributed by atoms with Gasteiger partial charge >= 0.3 is 5.97 Å². The molecule has 5 N–H and O–H groups in total. The molecule has 40 heavy (non-hydrogen) atoms. The highest BCUT2D eigenvalue weighted by atomic mass is 16.7. The molecule has 2 aromatic heterocycles. The van der Waals surface area contributed by atoms with E-state index in [9.17, 15) is 35.1 Å². The van der Waals surface area contributed by atoms with Crippen molar-refractivity contribution in [3.63, 3.8) is 0 Å². The number of carbonyl (C=O) groups is 1. The van der Waals surface area contributed by atoms with Gasteiger partial charge < -0.3 is 44.4 Å². The normalized spacial score (nSPS) is 29.2. The number of ether oxygens (including phenoxy) is 2. The van der Waals surface area contributed by atoms with Gasteiger partial charge in [0, 0.05) is 22.1 Å². The number of aliphatic hydroxyl groups excluding tert-OH is 4. The van der Waals surface area contributed by atoms with Gasteiger partial charge in [0.2, 0.25) is 0 Å². The van der Waals surface area contributed by atoms with Gasteiger partial charge in [-0.1, -0.05) is 30.3 Å². The third-order valence-corrected chi connectivity index (χ3v) is 7.82. The van der Waals surface area contributed by atoms with Crippen LogP contribution in [0.4, 0.5) is 0 Å². The quantitative estimate of drug-likeness (QED) is 0.118. The Balaban J connectivity index is 1.38. The number of hydrogen-bond acceptors (Lipinski definition) is 12. The van der Waals surface area contributed by atoms with Crippen LogP contribution in [0.1, 0.15) is 35.6 Å². The van der Waals surface area contributed by atoms with Gasteiger partial charge in [0.25, 0.3) is 5.56 Å². The molecular weight excluding hydrogens is 526 g/mol. The van der Waals surface area contributed by atoms with Gasteiger partial charge in [-0.15, -0.1) is 0 Å². The second-order valence-electron chi connectivity index (χ2n) is 10.0. The van der Waals surface area contributed by atoms with Crippen molar-refractivity contribution in [2.45, 2.75) is 62.8 Å². The van der Waals surface area contributed by atoms with Gasteiger partial charge in [0.05, 0.1) is 35.2 Å². The number of nitrogens with zero attached hydrogens (tertiary/aromatic N) is 3. The zero-order chi connectivity index (χ0) is 28.3. The van der Waals surface area contributed by atoms with Crippen molar-refractivity contribution in [2.24, 2.45) is 5.16 Å². The van der Waals surface area contributed by atoms with E-state index in [4.69, 9.17) is 19.3 Å². The molecule has 3 aliphatic rings. The summed E-state index contributed by atoms with van der Waals surface area (Å²) in [6.07, 6.45) is -6.17. The van der Waals surface area contributed by atoms with E-state index in [2.05, 4.69) is 5.16 Å². The van der Waals surface area contributed by atoms with Crippen molar-refractivity contribution in [2.75, 3.05) is 6.61 Å². The molecular formula is C27H27N3O10. The van der Waals surface area contributed by atoms with E-state index in [1.807, 2.05) is 18.2 Å². The van der Waals surface area contributed by atoms with Crippen LogP contribution in [0.3, 0.4) is 0 Å². The fourth-order valence-electron chi connectivity index (χ4n) is 5.48. The molecule has 0 bridgehead atoms. The number of benzene rings is 1. The Hall–Kier alpha value is -3.72. The molecule has 13 heteroatoms. The van der Waals surface area contributed by atoms with Crippen LogP contribution in [0.5, 0.6) is 0 Å². The molecule has 6 rings (SSSR count). The first-order valence-corrected chi connectivity index (χ1v) is 12.8. The molecule has 0 radical (unpaired) electrons. The lowest BCUT2D eigenvalue weighted by Crippen LogP contribution is -2.58. The predicted octanol–water partition coefficient (Wildman–Crippen LogP) is -0.770. The van der Waals surface area contributed by atoms with Gasteiger partial charge in [-0.2, -0.15) is 0 Å². The number of aromatic nitrogens is 2. The fraction of sp³-hybridized carbons (Fsp3) is 0.407. The molecule has 6 atom stereocenters. The molecule has 0 aliphatic carbocycles. The van der Waals surface area contributed by atoms with Gasteiger partial charge in [-0.3, -0.25) is 4.79 Å². The van der Waals surface area contributed by atoms with Crippen molar-refractivity contribution < 1.29 is 44.6 Å². The van der Waals surface area contributed by atoms with E-state index >= 15 is 0 Å². The lowest BCUT2D eigenvalue weighted by atomic mass is 9.86. The molecule has 0 saturated carbocycles. The summed E-state index contributed by atoms with van der Waals surface area (Å²) in [4.78, 5) is 36.1. The molecule has 13 nitrogen and oxygen atoms in total. The Morgan fingerprint density at radius 2 is 1.93 bits per heavy atom. The predicted molar refractivity (Wildman–Crippen MR) is 137 cm³/mol. The first-order chi connectivity index (χ1) is 19.2. The van der Waals surface area contributed by atoms with Crippen molar-refractivity contribution >= 4 is 23.1 Å². The SMILES string of the molecule is CC[C@@]1(O)C(=O)OCc2c1cc1n(c2=O)Cc2c-1nc1ccccc1c2/C=N/OCC1O[C@H](O)C(O)[C@H](O)[C@H]1O. The smallest absolute Gasteiger partial charge is 0.343 e. The van der Waals surface area contributed by atoms with E-state index < -0.39 is 47.8 Å². The number of hydrogen-bond donors (Lipinski definition) is 5. The molecule has 3 aromatic rings.